The summed E-state index contributed by atoms with van der Waals surface area (Å²) in [7, 11) is 0. The molecule has 1 unspecified atom stereocenters. The zero-order valence-corrected chi connectivity index (χ0v) is 7.33. The molecular weight excluding hydrogens is 154 g/mol. The van der Waals surface area contributed by atoms with Crippen molar-refractivity contribution in [2.45, 2.75) is 37.3 Å². The molecule has 2 fully saturated rings. The van der Waals surface area contributed by atoms with Crippen LogP contribution in [-0.4, -0.2) is 30.0 Å². The average molecular weight is 171 g/mol. The van der Waals surface area contributed by atoms with Crippen molar-refractivity contribution < 1.29 is 9.84 Å². The van der Waals surface area contributed by atoms with Gasteiger partial charge in [-0.2, -0.15) is 0 Å². The highest BCUT2D eigenvalue weighted by Crippen LogP contribution is 2.39. The molecule has 70 valence electrons. The highest BCUT2D eigenvalue weighted by molar-refractivity contribution is 4.99. The van der Waals surface area contributed by atoms with Crippen molar-refractivity contribution in [2.24, 2.45) is 11.7 Å². The van der Waals surface area contributed by atoms with E-state index in [2.05, 4.69) is 0 Å². The van der Waals surface area contributed by atoms with Crippen LogP contribution in [0.2, 0.25) is 0 Å². The molecule has 1 aliphatic carbocycles. The minimum absolute atomic E-state index is 0.0126. The van der Waals surface area contributed by atoms with Gasteiger partial charge in [0.1, 0.15) is 0 Å². The highest BCUT2D eigenvalue weighted by Gasteiger charge is 2.44. The van der Waals surface area contributed by atoms with Crippen molar-refractivity contribution in [1.82, 2.24) is 0 Å². The summed E-state index contributed by atoms with van der Waals surface area (Å²) in [5, 5.41) is 10.1. The van der Waals surface area contributed by atoms with Crippen LogP contribution in [0.15, 0.2) is 0 Å². The fourth-order valence-corrected chi connectivity index (χ4v) is 1.95. The van der Waals surface area contributed by atoms with E-state index in [-0.39, 0.29) is 6.04 Å². The molecule has 3 N–H and O–H groups in total. The summed E-state index contributed by atoms with van der Waals surface area (Å²) < 4.78 is 5.20. The Labute approximate surface area is 72.9 Å². The van der Waals surface area contributed by atoms with Gasteiger partial charge in [-0.15, -0.1) is 0 Å². The minimum Gasteiger partial charge on any atom is -0.388 e. The molecule has 0 radical (unpaired) electrons. The van der Waals surface area contributed by atoms with Gasteiger partial charge < -0.3 is 15.6 Å². The molecule has 0 aromatic rings. The Bertz CT molecular complexity index is 162. The molecule has 2 rings (SSSR count). The molecule has 2 aliphatic rings. The Morgan fingerprint density at radius 1 is 1.33 bits per heavy atom. The molecular formula is C9H17NO2. The molecule has 1 heterocycles. The highest BCUT2D eigenvalue weighted by atomic mass is 16.5. The summed E-state index contributed by atoms with van der Waals surface area (Å²) in [6, 6.07) is -0.0126. The molecule has 3 heteroatoms. The summed E-state index contributed by atoms with van der Waals surface area (Å²) in [5.41, 5.74) is 5.36. The van der Waals surface area contributed by atoms with Gasteiger partial charge >= 0.3 is 0 Å². The SMILES string of the molecule is NC(C1CC1)C1(O)CCOCC1. The largest absolute Gasteiger partial charge is 0.388 e. The van der Waals surface area contributed by atoms with Crippen LogP contribution in [0.3, 0.4) is 0 Å². The first-order valence-electron chi connectivity index (χ1n) is 4.78. The Balaban J connectivity index is 1.96. The average Bonchev–Trinajstić information content (AvgIpc) is 2.87. The quantitative estimate of drug-likeness (QED) is 0.627. The van der Waals surface area contributed by atoms with Crippen molar-refractivity contribution in [1.29, 1.82) is 0 Å². The van der Waals surface area contributed by atoms with E-state index in [4.69, 9.17) is 10.5 Å². The maximum absolute atomic E-state index is 10.1. The zero-order valence-electron chi connectivity index (χ0n) is 7.33. The molecule has 12 heavy (non-hydrogen) atoms. The topological polar surface area (TPSA) is 55.5 Å². The number of nitrogens with two attached hydrogens (primary N) is 1. The standard InChI is InChI=1S/C9H17NO2/c10-8(7-1-2-7)9(11)3-5-12-6-4-9/h7-8,11H,1-6,10H2. The summed E-state index contributed by atoms with van der Waals surface area (Å²) in [5.74, 6) is 0.577. The Kier molecular flexibility index (Phi) is 2.10. The van der Waals surface area contributed by atoms with Crippen molar-refractivity contribution in [3.05, 3.63) is 0 Å². The lowest BCUT2D eigenvalue weighted by atomic mass is 9.84. The second-order valence-corrected chi connectivity index (χ2v) is 4.08. The molecule has 3 nitrogen and oxygen atoms in total. The van der Waals surface area contributed by atoms with E-state index >= 15 is 0 Å². The van der Waals surface area contributed by atoms with E-state index in [1.165, 1.54) is 12.8 Å². The first-order chi connectivity index (χ1) is 5.72. The van der Waals surface area contributed by atoms with Gasteiger partial charge in [0.25, 0.3) is 0 Å². The van der Waals surface area contributed by atoms with Crippen molar-refractivity contribution in [3.8, 4) is 0 Å². The second kappa shape index (κ2) is 2.98. The number of aliphatic hydroxyl groups is 1. The van der Waals surface area contributed by atoms with Crippen LogP contribution in [-0.2, 0) is 4.74 Å². The fraction of sp³-hybridized carbons (Fsp3) is 1.00. The van der Waals surface area contributed by atoms with Crippen LogP contribution < -0.4 is 5.73 Å². The van der Waals surface area contributed by atoms with E-state index in [0.29, 0.717) is 32.0 Å². The third-order valence-electron chi connectivity index (χ3n) is 3.11. The van der Waals surface area contributed by atoms with Crippen LogP contribution in [0.25, 0.3) is 0 Å². The first kappa shape index (κ1) is 8.48. The van der Waals surface area contributed by atoms with Gasteiger partial charge in [-0.3, -0.25) is 0 Å². The lowest BCUT2D eigenvalue weighted by Crippen LogP contribution is -2.52. The van der Waals surface area contributed by atoms with Crippen molar-refractivity contribution >= 4 is 0 Å². The Morgan fingerprint density at radius 3 is 2.42 bits per heavy atom. The second-order valence-electron chi connectivity index (χ2n) is 4.08. The molecule has 1 saturated heterocycles. The summed E-state index contributed by atoms with van der Waals surface area (Å²) in [6.45, 7) is 1.33. The normalized spacial score (nSPS) is 31.5. The molecule has 0 amide bonds. The Morgan fingerprint density at radius 2 is 1.92 bits per heavy atom. The lowest BCUT2D eigenvalue weighted by Gasteiger charge is -2.37. The molecule has 1 atom stereocenters. The van der Waals surface area contributed by atoms with Crippen LogP contribution in [0.5, 0.6) is 0 Å². The predicted octanol–water partition coefficient (Wildman–Crippen LogP) is 0.265. The van der Waals surface area contributed by atoms with Crippen LogP contribution >= 0.6 is 0 Å². The third kappa shape index (κ3) is 1.49. The van der Waals surface area contributed by atoms with Gasteiger partial charge in [-0.1, -0.05) is 0 Å². The molecule has 0 aromatic heterocycles. The van der Waals surface area contributed by atoms with Crippen LogP contribution in [0.4, 0.5) is 0 Å². The molecule has 1 aliphatic heterocycles. The van der Waals surface area contributed by atoms with Gasteiger partial charge in [-0.25, -0.2) is 0 Å². The van der Waals surface area contributed by atoms with E-state index in [1.54, 1.807) is 0 Å². The maximum Gasteiger partial charge on any atom is 0.0844 e. The fourth-order valence-electron chi connectivity index (χ4n) is 1.95. The van der Waals surface area contributed by atoms with Gasteiger partial charge in [0.15, 0.2) is 0 Å². The molecule has 0 bridgehead atoms. The van der Waals surface area contributed by atoms with Gasteiger partial charge in [0.2, 0.25) is 0 Å². The van der Waals surface area contributed by atoms with E-state index in [1.807, 2.05) is 0 Å². The van der Waals surface area contributed by atoms with Gasteiger partial charge in [0.05, 0.1) is 5.60 Å². The zero-order chi connectivity index (χ0) is 8.60. The van der Waals surface area contributed by atoms with Crippen LogP contribution in [0.1, 0.15) is 25.7 Å². The third-order valence-corrected chi connectivity index (χ3v) is 3.11. The summed E-state index contributed by atoms with van der Waals surface area (Å²) in [4.78, 5) is 0. The maximum atomic E-state index is 10.1. The number of hydrogen-bond acceptors (Lipinski definition) is 3. The van der Waals surface area contributed by atoms with Crippen molar-refractivity contribution in [3.63, 3.8) is 0 Å². The monoisotopic (exact) mass is 171 g/mol. The minimum atomic E-state index is -0.626. The molecule has 0 aromatic carbocycles. The summed E-state index contributed by atoms with van der Waals surface area (Å²) in [6.07, 6.45) is 3.82. The number of hydrogen-bond donors (Lipinski definition) is 2. The van der Waals surface area contributed by atoms with E-state index in [9.17, 15) is 5.11 Å². The predicted molar refractivity (Wildman–Crippen MR) is 45.7 cm³/mol. The van der Waals surface area contributed by atoms with Crippen LogP contribution in [0, 0.1) is 5.92 Å². The van der Waals surface area contributed by atoms with E-state index in [0.717, 1.165) is 0 Å². The van der Waals surface area contributed by atoms with Crippen molar-refractivity contribution in [2.75, 3.05) is 13.2 Å². The number of ether oxygens (including phenoxy) is 1. The molecule has 0 spiro atoms. The lowest BCUT2D eigenvalue weighted by molar-refractivity contribution is -0.0818. The van der Waals surface area contributed by atoms with Gasteiger partial charge in [-0.05, 0) is 18.8 Å². The smallest absolute Gasteiger partial charge is 0.0844 e. The number of rotatable bonds is 2. The summed E-state index contributed by atoms with van der Waals surface area (Å²) >= 11 is 0. The van der Waals surface area contributed by atoms with Gasteiger partial charge in [0, 0.05) is 32.1 Å². The van der Waals surface area contributed by atoms with E-state index < -0.39 is 5.60 Å². The molecule has 1 saturated carbocycles. The Hall–Kier alpha value is -0.120. The first-order valence-corrected chi connectivity index (χ1v) is 4.78.